The third-order valence-corrected chi connectivity index (χ3v) is 7.72. The molecule has 0 saturated carbocycles. The van der Waals surface area contributed by atoms with Gasteiger partial charge in [-0.1, -0.05) is 30.3 Å². The number of amides is 1. The zero-order valence-corrected chi connectivity index (χ0v) is 29.9. The number of nitrogens with one attached hydrogen (secondary N) is 2. The topological polar surface area (TPSA) is 188 Å². The maximum Gasteiger partial charge on any atom is 0.490 e. The second kappa shape index (κ2) is 17.5. The Morgan fingerprint density at radius 3 is 1.91 bits per heavy atom. The van der Waals surface area contributed by atoms with E-state index in [0.29, 0.717) is 5.56 Å². The molecule has 0 radical (unpaired) electrons. The van der Waals surface area contributed by atoms with Crippen LogP contribution in [-0.2, 0) is 11.3 Å². The summed E-state index contributed by atoms with van der Waals surface area (Å²) in [4.78, 5) is 39.6. The van der Waals surface area contributed by atoms with Crippen molar-refractivity contribution in [1.82, 2.24) is 10.3 Å². The fourth-order valence-corrected chi connectivity index (χ4v) is 5.23. The number of rotatable bonds is 12. The van der Waals surface area contributed by atoms with Gasteiger partial charge in [0.2, 0.25) is 11.6 Å². The average molecular weight is 760 g/mol. The number of amidine groups is 1. The molecular formula is C37H38F5N5O7. The molecule has 0 atom stereocenters. The van der Waals surface area contributed by atoms with E-state index in [1.54, 1.807) is 39.8 Å². The molecular weight excluding hydrogens is 721 g/mol. The van der Waals surface area contributed by atoms with Crippen LogP contribution in [0.1, 0.15) is 70.7 Å². The van der Waals surface area contributed by atoms with E-state index in [4.69, 9.17) is 30.5 Å². The third-order valence-electron chi connectivity index (χ3n) is 7.72. The molecule has 17 heteroatoms. The van der Waals surface area contributed by atoms with Gasteiger partial charge >= 0.3 is 18.1 Å². The van der Waals surface area contributed by atoms with Crippen LogP contribution in [0.25, 0.3) is 0 Å². The van der Waals surface area contributed by atoms with E-state index in [0.717, 1.165) is 22.8 Å². The van der Waals surface area contributed by atoms with Gasteiger partial charge in [-0.2, -0.15) is 26.9 Å². The number of nitrogen functional groups attached to an aromatic ring is 1. The number of nitrogens with zero attached hydrogens (tertiary/aromatic N) is 2. The van der Waals surface area contributed by atoms with Crippen molar-refractivity contribution in [2.24, 2.45) is 5.73 Å². The number of nitrogens with two attached hydrogens (primary N) is 1. The van der Waals surface area contributed by atoms with Gasteiger partial charge in [0.1, 0.15) is 28.6 Å². The van der Waals surface area contributed by atoms with Gasteiger partial charge < -0.3 is 35.6 Å². The predicted octanol–water partition coefficient (Wildman–Crippen LogP) is 7.73. The maximum absolute atomic E-state index is 16.2. The summed E-state index contributed by atoms with van der Waals surface area (Å²) in [6, 6.07) is 14.6. The number of halogens is 5. The minimum atomic E-state index is -5.08. The Bertz CT molecular complexity index is 2030. The molecule has 6 N–H and O–H groups in total. The molecule has 1 aromatic heterocycles. The van der Waals surface area contributed by atoms with E-state index in [1.807, 2.05) is 32.0 Å². The van der Waals surface area contributed by atoms with Crippen molar-refractivity contribution >= 4 is 29.4 Å². The van der Waals surface area contributed by atoms with Gasteiger partial charge in [0, 0.05) is 29.8 Å². The van der Waals surface area contributed by atoms with Gasteiger partial charge in [0.25, 0.3) is 17.7 Å². The summed E-state index contributed by atoms with van der Waals surface area (Å²) in [5.41, 5.74) is 7.92. The first-order valence-electron chi connectivity index (χ1n) is 16.1. The first kappa shape index (κ1) is 42.2. The molecule has 1 amide bonds. The zero-order valence-electron chi connectivity index (χ0n) is 29.9. The highest BCUT2D eigenvalue weighted by atomic mass is 19.4. The largest absolute Gasteiger partial charge is 0.490 e. The highest BCUT2D eigenvalue weighted by Gasteiger charge is 2.38. The molecule has 0 unspecified atom stereocenters. The molecule has 288 valence electrons. The second-order valence-corrected chi connectivity index (χ2v) is 12.3. The van der Waals surface area contributed by atoms with Crippen molar-refractivity contribution in [1.29, 1.82) is 5.41 Å². The van der Waals surface area contributed by atoms with Crippen molar-refractivity contribution < 1.29 is 56.0 Å². The summed E-state index contributed by atoms with van der Waals surface area (Å²) in [6.45, 7) is 11.1. The van der Waals surface area contributed by atoms with Crippen LogP contribution in [0.2, 0.25) is 0 Å². The summed E-state index contributed by atoms with van der Waals surface area (Å²) in [7, 11) is 0. The Hall–Kier alpha value is -6.26. The lowest BCUT2D eigenvalue weighted by Crippen LogP contribution is -2.38. The molecule has 0 aliphatic rings. The Labute approximate surface area is 306 Å². The van der Waals surface area contributed by atoms with Crippen molar-refractivity contribution in [2.75, 3.05) is 4.90 Å². The molecule has 0 fully saturated rings. The number of hydrogen-bond acceptors (Lipinski definition) is 8. The molecule has 4 aromatic rings. The van der Waals surface area contributed by atoms with E-state index < -0.39 is 58.7 Å². The van der Waals surface area contributed by atoms with Gasteiger partial charge in [-0.15, -0.1) is 0 Å². The van der Waals surface area contributed by atoms with Crippen LogP contribution in [-0.4, -0.2) is 57.1 Å². The number of aliphatic carboxylic acids is 1. The number of ether oxygens (including phenoxy) is 2. The van der Waals surface area contributed by atoms with Crippen LogP contribution in [0.15, 0.2) is 60.7 Å². The highest BCUT2D eigenvalue weighted by Crippen LogP contribution is 2.40. The monoisotopic (exact) mass is 759 g/mol. The van der Waals surface area contributed by atoms with Crippen molar-refractivity contribution in [2.45, 2.75) is 66.3 Å². The summed E-state index contributed by atoms with van der Waals surface area (Å²) >= 11 is 0. The number of carbonyl (C=O) groups excluding carboxylic acids is 1. The minimum Gasteiger partial charge on any atom is -0.478 e. The molecule has 3 aromatic carbocycles. The lowest BCUT2D eigenvalue weighted by Gasteiger charge is -2.33. The van der Waals surface area contributed by atoms with Gasteiger partial charge in [0.15, 0.2) is 0 Å². The van der Waals surface area contributed by atoms with Crippen LogP contribution < -0.4 is 25.4 Å². The summed E-state index contributed by atoms with van der Waals surface area (Å²) in [6.07, 6.45) is -5.08. The number of anilines is 1. The van der Waals surface area contributed by atoms with Gasteiger partial charge in [0.05, 0.1) is 0 Å². The molecule has 0 spiro atoms. The number of hydrogen-bond donors (Lipinski definition) is 5. The first-order chi connectivity index (χ1) is 25.1. The molecule has 54 heavy (non-hydrogen) atoms. The number of aromatic nitrogens is 1. The molecule has 0 bridgehead atoms. The van der Waals surface area contributed by atoms with Crippen LogP contribution in [0.5, 0.6) is 23.3 Å². The minimum absolute atomic E-state index is 0.0365. The van der Waals surface area contributed by atoms with E-state index in [-0.39, 0.29) is 41.5 Å². The molecule has 1 heterocycles. The summed E-state index contributed by atoms with van der Waals surface area (Å²) in [5, 5.41) is 27.6. The van der Waals surface area contributed by atoms with E-state index in [9.17, 15) is 27.9 Å². The number of aryl methyl sites for hydroxylation is 2. The Balaban J connectivity index is 0.00000102. The van der Waals surface area contributed by atoms with Crippen LogP contribution >= 0.6 is 0 Å². The zero-order chi connectivity index (χ0) is 40.7. The lowest BCUT2D eigenvalue weighted by molar-refractivity contribution is -0.192. The van der Waals surface area contributed by atoms with Gasteiger partial charge in [-0.3, -0.25) is 10.2 Å². The smallest absolute Gasteiger partial charge is 0.478 e. The Morgan fingerprint density at radius 2 is 1.41 bits per heavy atom. The van der Waals surface area contributed by atoms with Crippen molar-refractivity contribution in [3.63, 3.8) is 0 Å². The fraction of sp³-hybridized carbons (Fsp3) is 0.270. The second-order valence-electron chi connectivity index (χ2n) is 12.3. The number of carboxylic acid groups (broad SMARTS) is 2. The summed E-state index contributed by atoms with van der Waals surface area (Å²) < 4.78 is 75.4. The number of benzene rings is 3. The van der Waals surface area contributed by atoms with Crippen LogP contribution in [0.4, 0.5) is 27.6 Å². The highest BCUT2D eigenvalue weighted by molar-refractivity contribution is 5.99. The maximum atomic E-state index is 16.2. The quantitative estimate of drug-likeness (QED) is 0.0543. The number of aromatic carboxylic acids is 1. The number of alkyl halides is 3. The van der Waals surface area contributed by atoms with Gasteiger partial charge in [-0.05, 0) is 88.6 Å². The fourth-order valence-electron chi connectivity index (χ4n) is 5.23. The lowest BCUT2D eigenvalue weighted by atomic mass is 10.0. The van der Waals surface area contributed by atoms with Crippen LogP contribution in [0.3, 0.4) is 0 Å². The normalized spacial score (nSPS) is 11.1. The molecule has 12 nitrogen and oxygen atoms in total. The summed E-state index contributed by atoms with van der Waals surface area (Å²) in [5.74, 6) is -8.94. The van der Waals surface area contributed by atoms with E-state index in [1.165, 1.54) is 29.2 Å². The molecule has 0 saturated heterocycles. The van der Waals surface area contributed by atoms with Crippen molar-refractivity contribution in [3.05, 3.63) is 106 Å². The third kappa shape index (κ3) is 10.4. The van der Waals surface area contributed by atoms with E-state index in [2.05, 4.69) is 10.3 Å². The number of pyridine rings is 1. The van der Waals surface area contributed by atoms with Crippen LogP contribution in [0, 0.1) is 30.9 Å². The number of carboxylic acids is 2. The molecule has 0 aliphatic carbocycles. The first-order valence-corrected chi connectivity index (χ1v) is 16.1. The number of carbonyl (C=O) groups is 3. The Kier molecular flexibility index (Phi) is 13.7. The van der Waals surface area contributed by atoms with Crippen molar-refractivity contribution in [3.8, 4) is 23.3 Å². The average Bonchev–Trinajstić information content (AvgIpc) is 3.08. The SMILES string of the molecule is Cc1cccc(C)c1CNC(=O)c1ccc(Oc2nc(Oc3cccc(C(=N)N)c3)c(F)c(N(C(C)C)C(C)C)c2F)c(C(=O)O)c1.O=C(O)C(F)(F)F. The predicted molar refractivity (Wildman–Crippen MR) is 189 cm³/mol. The Morgan fingerprint density at radius 1 is 0.870 bits per heavy atom. The van der Waals surface area contributed by atoms with E-state index >= 15 is 8.78 Å². The molecule has 4 rings (SSSR count). The molecule has 0 aliphatic heterocycles. The van der Waals surface area contributed by atoms with Gasteiger partial charge in [-0.25, -0.2) is 9.59 Å². The standard InChI is InChI=1S/C35H37F2N5O5.C2HF3O2/c1-18(2)42(19(3)4)30-28(36)33(46-24-12-8-11-22(15-24)31(38)39)41-34(29(30)37)47-27-14-13-23(16-25(27)35(44)45)32(43)40-17-26-20(5)9-7-10-21(26)6;3-2(4,5)1(6)7/h7-16,18-19H,17H2,1-6H3,(H3,38,39)(H,40,43)(H,44,45);(H,6,7).